The van der Waals surface area contributed by atoms with Crippen LogP contribution in [0.1, 0.15) is 99.1 Å². The van der Waals surface area contributed by atoms with E-state index in [1.807, 2.05) is 56.0 Å². The molecule has 2 aromatic carbocycles. The summed E-state index contributed by atoms with van der Waals surface area (Å²) in [6, 6.07) is 21.0. The summed E-state index contributed by atoms with van der Waals surface area (Å²) < 4.78 is 3.24. The van der Waals surface area contributed by atoms with Gasteiger partial charge in [0.1, 0.15) is 5.69 Å². The Balaban J connectivity index is 0.000000361. The molecule has 1 radical (unpaired) electrons. The number of carbonyl (C=O) groups excluding carboxylic acids is 1. The summed E-state index contributed by atoms with van der Waals surface area (Å²) in [7, 11) is 4.29. The summed E-state index contributed by atoms with van der Waals surface area (Å²) in [6.07, 6.45) is 9.93. The molecular weight excluding hydrogens is 813 g/mol. The van der Waals surface area contributed by atoms with Gasteiger partial charge in [0, 0.05) is 61.3 Å². The van der Waals surface area contributed by atoms with E-state index in [0.29, 0.717) is 5.92 Å². The van der Waals surface area contributed by atoms with E-state index in [9.17, 15) is 9.90 Å². The third-order valence-electron chi connectivity index (χ3n) is 9.44. The van der Waals surface area contributed by atoms with Gasteiger partial charge in [-0.05, 0) is 78.1 Å². The van der Waals surface area contributed by atoms with Crippen LogP contribution in [0.2, 0.25) is 0 Å². The number of ketones is 1. The van der Waals surface area contributed by atoms with Crippen LogP contribution in [0.4, 0.5) is 0 Å². The van der Waals surface area contributed by atoms with Crippen molar-refractivity contribution in [3.63, 3.8) is 0 Å². The van der Waals surface area contributed by atoms with Gasteiger partial charge in [-0.3, -0.25) is 9.78 Å². The first-order valence-electron chi connectivity index (χ1n) is 17.9. The maximum atomic E-state index is 11.7. The monoisotopic (exact) mass is 868 g/mol. The second-order valence-electron chi connectivity index (χ2n) is 14.6. The van der Waals surface area contributed by atoms with Crippen LogP contribution >= 0.6 is 11.3 Å². The Morgan fingerprint density at radius 1 is 1.00 bits per heavy atom. The Labute approximate surface area is 318 Å². The number of carbonyl (C=O) groups is 1. The first-order chi connectivity index (χ1) is 23.3. The fourth-order valence-corrected chi connectivity index (χ4v) is 7.50. The molecule has 0 spiro atoms. The largest absolute Gasteiger partial charge is 0.512 e. The molecule has 0 aliphatic rings. The molecule has 1 N–H and O–H groups in total. The van der Waals surface area contributed by atoms with E-state index in [-0.39, 0.29) is 48.9 Å². The third kappa shape index (κ3) is 9.72. The van der Waals surface area contributed by atoms with Gasteiger partial charge < -0.3 is 9.67 Å². The molecule has 5 aromatic rings. The van der Waals surface area contributed by atoms with Gasteiger partial charge in [-0.1, -0.05) is 91.5 Å². The van der Waals surface area contributed by atoms with Crippen LogP contribution in [-0.2, 0) is 36.7 Å². The normalized spacial score (nSPS) is 12.0. The molecule has 0 saturated heterocycles. The van der Waals surface area contributed by atoms with E-state index in [0.717, 1.165) is 60.0 Å². The van der Waals surface area contributed by atoms with Gasteiger partial charge in [0.2, 0.25) is 0 Å². The van der Waals surface area contributed by atoms with Crippen molar-refractivity contribution in [3.05, 3.63) is 102 Å². The van der Waals surface area contributed by atoms with Crippen LogP contribution < -0.4 is 4.57 Å². The summed E-state index contributed by atoms with van der Waals surface area (Å²) in [5, 5.41) is 15.7. The number of nitrogens with zero attached hydrogens (tertiary/aromatic N) is 2. The second kappa shape index (κ2) is 18.3. The third-order valence-corrected chi connectivity index (χ3v) is 10.4. The van der Waals surface area contributed by atoms with E-state index < -0.39 is 0 Å². The Bertz CT molecular complexity index is 1910. The minimum Gasteiger partial charge on any atom is -0.512 e. The molecule has 0 amide bonds. The molecule has 269 valence electrons. The van der Waals surface area contributed by atoms with Gasteiger partial charge in [-0.25, -0.2) is 0 Å². The number of rotatable bonds is 11. The molecule has 6 heteroatoms. The van der Waals surface area contributed by atoms with Crippen LogP contribution in [0, 0.1) is 30.9 Å². The number of thiophene rings is 1. The molecule has 0 saturated carbocycles. The fraction of sp³-hybridized carbons (Fsp3) is 0.409. The average Bonchev–Trinajstić information content (AvgIpc) is 3.47. The zero-order valence-corrected chi connectivity index (χ0v) is 34.6. The number of pyridine rings is 2. The SMILES string of the molecule is CCC(CC)C(=O)/C=C(\O)C(CC)CC.[CH2-][n+]1ccc(-c2nccc3scc(CC(C)C)c23)cc1-c1[c-]c2ccccc2c(C(C)(C)C)c1.[Ir]. The first-order valence-corrected chi connectivity index (χ1v) is 18.8. The number of aromatic nitrogens is 2. The van der Waals surface area contributed by atoms with Crippen LogP contribution in [0.15, 0.2) is 78.1 Å². The van der Waals surface area contributed by atoms with Gasteiger partial charge in [-0.2, -0.15) is 0 Å². The number of benzene rings is 2. The first kappa shape index (κ1) is 41.1. The summed E-state index contributed by atoms with van der Waals surface area (Å²) >= 11 is 1.81. The number of allylic oxidation sites excluding steroid dienone is 2. The van der Waals surface area contributed by atoms with Crippen molar-refractivity contribution in [1.29, 1.82) is 0 Å². The zero-order valence-electron chi connectivity index (χ0n) is 31.4. The van der Waals surface area contributed by atoms with Crippen molar-refractivity contribution >= 4 is 38.0 Å². The van der Waals surface area contributed by atoms with Crippen molar-refractivity contribution in [1.82, 2.24) is 4.98 Å². The Kier molecular flexibility index (Phi) is 15.0. The number of aliphatic hydroxyl groups is 1. The van der Waals surface area contributed by atoms with Crippen molar-refractivity contribution in [2.45, 2.75) is 99.8 Å². The molecule has 5 rings (SSSR count). The Morgan fingerprint density at radius 2 is 1.66 bits per heavy atom. The molecule has 0 fully saturated rings. The molecule has 3 heterocycles. The van der Waals surface area contributed by atoms with Gasteiger partial charge >= 0.3 is 0 Å². The summed E-state index contributed by atoms with van der Waals surface area (Å²) in [5.41, 5.74) is 6.98. The summed E-state index contributed by atoms with van der Waals surface area (Å²) in [5.74, 6) is 1.15. The number of hydrogen-bond acceptors (Lipinski definition) is 4. The molecule has 0 aliphatic heterocycles. The molecule has 0 aliphatic carbocycles. The van der Waals surface area contributed by atoms with E-state index in [1.54, 1.807) is 0 Å². The van der Waals surface area contributed by atoms with E-state index in [1.165, 1.54) is 32.7 Å². The fourth-order valence-electron chi connectivity index (χ4n) is 6.53. The summed E-state index contributed by atoms with van der Waals surface area (Å²) in [6.45, 7) is 19.4. The van der Waals surface area contributed by atoms with E-state index >= 15 is 0 Å². The molecular formula is C44H55IrN2O2S-. The average molecular weight is 868 g/mol. The predicted octanol–water partition coefficient (Wildman–Crippen LogP) is 11.9. The minimum absolute atomic E-state index is 0. The summed E-state index contributed by atoms with van der Waals surface area (Å²) in [4.78, 5) is 16.6. The molecule has 0 atom stereocenters. The van der Waals surface area contributed by atoms with Crippen LogP contribution in [0.25, 0.3) is 43.4 Å². The van der Waals surface area contributed by atoms with Crippen molar-refractivity contribution in [2.24, 2.45) is 17.8 Å². The zero-order chi connectivity index (χ0) is 35.9. The van der Waals surface area contributed by atoms with Crippen molar-refractivity contribution in [3.8, 4) is 22.5 Å². The predicted molar refractivity (Wildman–Crippen MR) is 209 cm³/mol. The smallest absolute Gasteiger partial charge is 0.162 e. The molecule has 0 unspecified atom stereocenters. The van der Waals surface area contributed by atoms with Crippen molar-refractivity contribution < 1.29 is 34.6 Å². The van der Waals surface area contributed by atoms with Gasteiger partial charge in [0.15, 0.2) is 5.78 Å². The Hall–Kier alpha value is -3.31. The van der Waals surface area contributed by atoms with E-state index in [2.05, 4.69) is 102 Å². The Morgan fingerprint density at radius 3 is 2.28 bits per heavy atom. The van der Waals surface area contributed by atoms with Crippen LogP contribution in [0.5, 0.6) is 0 Å². The van der Waals surface area contributed by atoms with Crippen LogP contribution in [0.3, 0.4) is 0 Å². The van der Waals surface area contributed by atoms with E-state index in [4.69, 9.17) is 4.98 Å². The minimum atomic E-state index is 0. The molecule has 3 aromatic heterocycles. The second-order valence-corrected chi connectivity index (χ2v) is 15.5. The van der Waals surface area contributed by atoms with Gasteiger partial charge in [0.05, 0.1) is 17.6 Å². The number of aliphatic hydroxyl groups excluding tert-OH is 1. The van der Waals surface area contributed by atoms with Gasteiger partial charge in [0.25, 0.3) is 0 Å². The standard InChI is InChI=1S/C31H31N2S.C13H24O2.Ir/c1-20(2)15-24-19-34-28-11-13-32-30(29(24)28)22-12-14-33(6)27(18-22)23-16-21-9-7-8-10-25(21)26(17-23)31(3,4)5;1-5-10(6-2)12(14)9-13(15)11(7-3)8-4;/h7-14,17-20H,6,15H2,1-5H3;9-11,14H,5-8H2,1-4H3;/q-1;;/b;12-9-;. The molecule has 4 nitrogen and oxygen atoms in total. The number of hydrogen-bond donors (Lipinski definition) is 1. The van der Waals surface area contributed by atoms with Gasteiger partial charge in [-0.15, -0.1) is 40.5 Å². The number of fused-ring (bicyclic) bond motifs is 2. The molecule has 50 heavy (non-hydrogen) atoms. The maximum Gasteiger partial charge on any atom is 0.162 e. The quantitative estimate of drug-likeness (QED) is 0.0623. The maximum absolute atomic E-state index is 11.7. The van der Waals surface area contributed by atoms with Crippen molar-refractivity contribution in [2.75, 3.05) is 0 Å². The van der Waals surface area contributed by atoms with Crippen LogP contribution in [-0.4, -0.2) is 15.9 Å². The molecule has 0 bridgehead atoms. The topological polar surface area (TPSA) is 54.1 Å².